The zero-order valence-corrected chi connectivity index (χ0v) is 13.9. The highest BCUT2D eigenvalue weighted by Gasteiger charge is 2.35. The molecule has 0 aromatic heterocycles. The maximum absolute atomic E-state index is 14.1. The third-order valence-electron chi connectivity index (χ3n) is 3.50. The average molecular weight is 365 g/mol. The number of hydrogen-bond donors (Lipinski definition) is 1. The summed E-state index contributed by atoms with van der Waals surface area (Å²) in [6.07, 6.45) is 1.74. The van der Waals surface area contributed by atoms with Gasteiger partial charge in [-0.25, -0.2) is 12.8 Å². The number of nitrogen functional groups attached to an aromatic ring is 1. The first-order valence-corrected chi connectivity index (χ1v) is 8.61. The van der Waals surface area contributed by atoms with Gasteiger partial charge in [0.1, 0.15) is 4.90 Å². The summed E-state index contributed by atoms with van der Waals surface area (Å²) in [7, 11) is -3.86. The van der Waals surface area contributed by atoms with Gasteiger partial charge in [0.15, 0.2) is 5.82 Å². The maximum Gasteiger partial charge on any atom is 0.246 e. The molecule has 4 nitrogen and oxygen atoms in total. The Labute approximate surface area is 127 Å². The molecule has 1 aromatic carbocycles. The van der Waals surface area contributed by atoms with Crippen LogP contribution in [0.4, 0.5) is 10.1 Å². The van der Waals surface area contributed by atoms with Crippen molar-refractivity contribution in [2.24, 2.45) is 5.41 Å². The van der Waals surface area contributed by atoms with E-state index in [2.05, 4.69) is 15.9 Å². The number of halogens is 2. The number of rotatable bonds is 2. The van der Waals surface area contributed by atoms with Gasteiger partial charge in [0.05, 0.1) is 4.47 Å². The number of hydrogen-bond acceptors (Lipinski definition) is 3. The van der Waals surface area contributed by atoms with Gasteiger partial charge in [-0.05, 0) is 46.3 Å². The van der Waals surface area contributed by atoms with Crippen LogP contribution in [0.1, 0.15) is 26.7 Å². The van der Waals surface area contributed by atoms with Crippen molar-refractivity contribution in [3.05, 3.63) is 22.4 Å². The van der Waals surface area contributed by atoms with Crippen LogP contribution >= 0.6 is 15.9 Å². The van der Waals surface area contributed by atoms with Gasteiger partial charge in [-0.1, -0.05) is 13.8 Å². The van der Waals surface area contributed by atoms with Crippen molar-refractivity contribution < 1.29 is 12.8 Å². The van der Waals surface area contributed by atoms with Crippen molar-refractivity contribution in [3.8, 4) is 0 Å². The van der Waals surface area contributed by atoms with Crippen LogP contribution in [-0.4, -0.2) is 25.8 Å². The molecule has 1 fully saturated rings. The molecule has 1 heterocycles. The molecule has 2 N–H and O–H groups in total. The first kappa shape index (κ1) is 15.7. The van der Waals surface area contributed by atoms with Gasteiger partial charge >= 0.3 is 0 Å². The number of sulfonamides is 1. The Morgan fingerprint density at radius 2 is 2.05 bits per heavy atom. The van der Waals surface area contributed by atoms with Gasteiger partial charge in [-0.15, -0.1) is 0 Å². The third kappa shape index (κ3) is 2.99. The summed E-state index contributed by atoms with van der Waals surface area (Å²) in [6, 6.07) is 2.53. The van der Waals surface area contributed by atoms with Crippen LogP contribution in [0.15, 0.2) is 21.5 Å². The highest BCUT2D eigenvalue weighted by molar-refractivity contribution is 9.10. The Morgan fingerprint density at radius 1 is 1.40 bits per heavy atom. The summed E-state index contributed by atoms with van der Waals surface area (Å²) in [5.41, 5.74) is 5.75. The predicted molar refractivity (Wildman–Crippen MR) is 80.3 cm³/mol. The van der Waals surface area contributed by atoms with E-state index in [1.807, 2.05) is 13.8 Å². The van der Waals surface area contributed by atoms with Gasteiger partial charge in [-0.2, -0.15) is 4.31 Å². The molecule has 0 atom stereocenters. The summed E-state index contributed by atoms with van der Waals surface area (Å²) < 4.78 is 40.7. The van der Waals surface area contributed by atoms with Gasteiger partial charge < -0.3 is 5.73 Å². The standard InChI is InChI=1S/C13H18BrFN2O2S/c1-13(2)4-3-5-17(8-13)20(18,19)11-7-9(16)6-10(14)12(11)15/h6-7H,3-5,8,16H2,1-2H3. The number of nitrogens with two attached hydrogens (primary N) is 1. The van der Waals surface area contributed by atoms with E-state index >= 15 is 0 Å². The molecule has 20 heavy (non-hydrogen) atoms. The van der Waals surface area contributed by atoms with Crippen LogP contribution in [0.25, 0.3) is 0 Å². The minimum absolute atomic E-state index is 0.0624. The van der Waals surface area contributed by atoms with Gasteiger partial charge in [-0.3, -0.25) is 0 Å². The molecular weight excluding hydrogens is 347 g/mol. The van der Waals surface area contributed by atoms with E-state index in [4.69, 9.17) is 5.73 Å². The minimum atomic E-state index is -3.86. The molecule has 0 saturated carbocycles. The van der Waals surface area contributed by atoms with E-state index in [1.165, 1.54) is 16.4 Å². The lowest BCUT2D eigenvalue weighted by molar-refractivity contribution is 0.186. The lowest BCUT2D eigenvalue weighted by Gasteiger charge is -2.37. The van der Waals surface area contributed by atoms with Gasteiger partial charge in [0.2, 0.25) is 10.0 Å². The molecule has 0 aliphatic carbocycles. The third-order valence-corrected chi connectivity index (χ3v) is 5.92. The fourth-order valence-corrected chi connectivity index (χ4v) is 4.88. The van der Waals surface area contributed by atoms with Crippen LogP contribution in [0.2, 0.25) is 0 Å². The van der Waals surface area contributed by atoms with E-state index in [1.54, 1.807) is 0 Å². The molecule has 1 aliphatic rings. The molecule has 1 aromatic rings. The zero-order valence-electron chi connectivity index (χ0n) is 11.5. The number of piperidine rings is 1. The second-order valence-electron chi connectivity index (χ2n) is 5.92. The highest BCUT2D eigenvalue weighted by atomic mass is 79.9. The SMILES string of the molecule is CC1(C)CCCN(S(=O)(=O)c2cc(N)cc(Br)c2F)C1. The molecule has 0 radical (unpaired) electrons. The Balaban J connectivity index is 2.46. The Morgan fingerprint density at radius 3 is 2.65 bits per heavy atom. The molecule has 7 heteroatoms. The molecule has 2 rings (SSSR count). The van der Waals surface area contributed by atoms with E-state index in [0.29, 0.717) is 13.1 Å². The van der Waals surface area contributed by atoms with Crippen molar-refractivity contribution in [1.29, 1.82) is 0 Å². The lowest BCUT2D eigenvalue weighted by Crippen LogP contribution is -2.43. The van der Waals surface area contributed by atoms with E-state index in [-0.39, 0.29) is 20.5 Å². The molecule has 112 valence electrons. The molecule has 0 unspecified atom stereocenters. The van der Waals surface area contributed by atoms with Crippen LogP contribution in [0.3, 0.4) is 0 Å². The second-order valence-corrected chi connectivity index (χ2v) is 8.68. The number of anilines is 1. The van der Waals surface area contributed by atoms with E-state index < -0.39 is 15.8 Å². The first-order chi connectivity index (χ1) is 9.13. The quantitative estimate of drug-likeness (QED) is 0.820. The fraction of sp³-hybridized carbons (Fsp3) is 0.538. The maximum atomic E-state index is 14.1. The van der Waals surface area contributed by atoms with Crippen LogP contribution in [0, 0.1) is 11.2 Å². The number of benzene rings is 1. The molecule has 0 bridgehead atoms. The molecule has 1 saturated heterocycles. The fourth-order valence-electron chi connectivity index (χ4n) is 2.49. The van der Waals surface area contributed by atoms with Gasteiger partial charge in [0, 0.05) is 18.8 Å². The van der Waals surface area contributed by atoms with E-state index in [9.17, 15) is 12.8 Å². The summed E-state index contributed by atoms with van der Waals surface area (Å²) in [5, 5.41) is 0. The molecular formula is C13H18BrFN2O2S. The summed E-state index contributed by atoms with van der Waals surface area (Å²) in [6.45, 7) is 4.83. The van der Waals surface area contributed by atoms with E-state index in [0.717, 1.165) is 12.8 Å². The summed E-state index contributed by atoms with van der Waals surface area (Å²) >= 11 is 3.00. The number of nitrogens with zero attached hydrogens (tertiary/aromatic N) is 1. The van der Waals surface area contributed by atoms with Crippen molar-refractivity contribution >= 4 is 31.6 Å². The van der Waals surface area contributed by atoms with Crippen LogP contribution in [-0.2, 0) is 10.0 Å². The van der Waals surface area contributed by atoms with Crippen molar-refractivity contribution in [2.75, 3.05) is 18.8 Å². The molecule has 0 amide bonds. The summed E-state index contributed by atoms with van der Waals surface area (Å²) in [4.78, 5) is -0.359. The highest BCUT2D eigenvalue weighted by Crippen LogP contribution is 2.34. The Bertz CT molecular complexity index is 632. The largest absolute Gasteiger partial charge is 0.399 e. The normalized spacial score (nSPS) is 20.0. The van der Waals surface area contributed by atoms with Crippen molar-refractivity contribution in [3.63, 3.8) is 0 Å². The van der Waals surface area contributed by atoms with Crippen molar-refractivity contribution in [2.45, 2.75) is 31.6 Å². The average Bonchev–Trinajstić information content (AvgIpc) is 2.32. The van der Waals surface area contributed by atoms with Crippen molar-refractivity contribution in [1.82, 2.24) is 4.31 Å². The van der Waals surface area contributed by atoms with Gasteiger partial charge in [0.25, 0.3) is 0 Å². The monoisotopic (exact) mass is 364 g/mol. The minimum Gasteiger partial charge on any atom is -0.399 e. The molecule has 1 aliphatic heterocycles. The van der Waals surface area contributed by atoms with Crippen LogP contribution in [0.5, 0.6) is 0 Å². The Kier molecular flexibility index (Phi) is 4.15. The van der Waals surface area contributed by atoms with Crippen LogP contribution < -0.4 is 5.73 Å². The molecule has 0 spiro atoms. The topological polar surface area (TPSA) is 63.4 Å². The smallest absolute Gasteiger partial charge is 0.246 e. The second kappa shape index (κ2) is 5.27. The Hall–Kier alpha value is -0.660. The summed E-state index contributed by atoms with van der Waals surface area (Å²) in [5.74, 6) is -0.789. The predicted octanol–water partition coefficient (Wildman–Crippen LogP) is 2.98. The first-order valence-electron chi connectivity index (χ1n) is 6.38. The lowest BCUT2D eigenvalue weighted by atomic mass is 9.85. The zero-order chi connectivity index (χ0) is 15.1.